The SMILES string of the molecule is O=C(Cn1cc([N+](=O)[O-])c(=O)[nH]c1=O)c1ccccc1Br. The zero-order valence-corrected chi connectivity index (χ0v) is 12.0. The van der Waals surface area contributed by atoms with Gasteiger partial charge in [0.05, 0.1) is 17.7 Å². The summed E-state index contributed by atoms with van der Waals surface area (Å²) >= 11 is 3.20. The van der Waals surface area contributed by atoms with Crippen LogP contribution in [0.3, 0.4) is 0 Å². The van der Waals surface area contributed by atoms with Crippen molar-refractivity contribution in [1.82, 2.24) is 9.55 Å². The highest BCUT2D eigenvalue weighted by molar-refractivity contribution is 9.10. The van der Waals surface area contributed by atoms with Gasteiger partial charge in [0, 0.05) is 10.0 Å². The number of benzene rings is 1. The van der Waals surface area contributed by atoms with Crippen LogP contribution in [0.2, 0.25) is 0 Å². The minimum atomic E-state index is -1.10. The van der Waals surface area contributed by atoms with E-state index in [0.717, 1.165) is 10.8 Å². The van der Waals surface area contributed by atoms with Gasteiger partial charge in [-0.2, -0.15) is 0 Å². The molecule has 0 saturated heterocycles. The van der Waals surface area contributed by atoms with Crippen LogP contribution < -0.4 is 11.2 Å². The van der Waals surface area contributed by atoms with E-state index in [1.165, 1.54) is 0 Å². The Morgan fingerprint density at radius 3 is 2.62 bits per heavy atom. The molecule has 2 rings (SSSR count). The average Bonchev–Trinajstić information content (AvgIpc) is 2.41. The molecule has 0 aliphatic heterocycles. The summed E-state index contributed by atoms with van der Waals surface area (Å²) in [7, 11) is 0. The molecule has 0 unspecified atom stereocenters. The molecule has 1 aromatic heterocycles. The molecule has 0 spiro atoms. The number of carbonyl (C=O) groups is 1. The number of halogens is 1. The van der Waals surface area contributed by atoms with E-state index in [4.69, 9.17) is 0 Å². The molecule has 1 heterocycles. The third-order valence-electron chi connectivity index (χ3n) is 2.68. The molecule has 0 bridgehead atoms. The third kappa shape index (κ3) is 3.14. The summed E-state index contributed by atoms with van der Waals surface area (Å²) in [6, 6.07) is 6.58. The highest BCUT2D eigenvalue weighted by Gasteiger charge is 2.17. The van der Waals surface area contributed by atoms with Gasteiger partial charge in [-0.25, -0.2) is 4.79 Å². The van der Waals surface area contributed by atoms with Crippen molar-refractivity contribution in [3.8, 4) is 0 Å². The highest BCUT2D eigenvalue weighted by atomic mass is 79.9. The third-order valence-corrected chi connectivity index (χ3v) is 3.37. The monoisotopic (exact) mass is 353 g/mol. The Bertz CT molecular complexity index is 839. The summed E-state index contributed by atoms with van der Waals surface area (Å²) in [6.07, 6.45) is 0.760. The van der Waals surface area contributed by atoms with Crippen LogP contribution >= 0.6 is 15.9 Å². The first-order valence-corrected chi connectivity index (χ1v) is 6.45. The molecule has 0 atom stereocenters. The van der Waals surface area contributed by atoms with E-state index in [-0.39, 0.29) is 0 Å². The van der Waals surface area contributed by atoms with Crippen molar-refractivity contribution in [2.24, 2.45) is 0 Å². The van der Waals surface area contributed by atoms with E-state index >= 15 is 0 Å². The molecular weight excluding hydrogens is 346 g/mol. The van der Waals surface area contributed by atoms with Crippen molar-refractivity contribution >= 4 is 27.4 Å². The lowest BCUT2D eigenvalue weighted by molar-refractivity contribution is -0.386. The predicted octanol–water partition coefficient (Wildman–Crippen LogP) is 1.09. The van der Waals surface area contributed by atoms with Crippen molar-refractivity contribution in [2.75, 3.05) is 0 Å². The first-order chi connectivity index (χ1) is 9.90. The second kappa shape index (κ2) is 5.83. The van der Waals surface area contributed by atoms with Gasteiger partial charge in [-0.05, 0) is 6.07 Å². The van der Waals surface area contributed by atoms with Gasteiger partial charge in [0.1, 0.15) is 0 Å². The van der Waals surface area contributed by atoms with Crippen molar-refractivity contribution in [1.29, 1.82) is 0 Å². The van der Waals surface area contributed by atoms with Gasteiger partial charge >= 0.3 is 16.9 Å². The van der Waals surface area contributed by atoms with Gasteiger partial charge in [-0.15, -0.1) is 0 Å². The molecule has 0 saturated carbocycles. The molecule has 0 aliphatic carbocycles. The number of hydrogen-bond acceptors (Lipinski definition) is 5. The van der Waals surface area contributed by atoms with Gasteiger partial charge in [0.15, 0.2) is 5.78 Å². The smallest absolute Gasteiger partial charge is 0.292 e. The summed E-state index contributed by atoms with van der Waals surface area (Å²) < 4.78 is 1.34. The van der Waals surface area contributed by atoms with Gasteiger partial charge < -0.3 is 0 Å². The number of hydrogen-bond donors (Lipinski definition) is 1. The van der Waals surface area contributed by atoms with Crippen LogP contribution in [-0.2, 0) is 6.54 Å². The van der Waals surface area contributed by atoms with Crippen LogP contribution in [0.15, 0.2) is 44.5 Å². The fourth-order valence-electron chi connectivity index (χ4n) is 1.67. The van der Waals surface area contributed by atoms with E-state index in [2.05, 4.69) is 15.9 Å². The molecule has 0 aliphatic rings. The Labute approximate surface area is 125 Å². The number of nitrogens with zero attached hydrogens (tertiary/aromatic N) is 2. The molecule has 2 aromatic rings. The van der Waals surface area contributed by atoms with E-state index in [0.29, 0.717) is 10.0 Å². The van der Waals surface area contributed by atoms with Crippen molar-refractivity contribution in [3.05, 3.63) is 71.5 Å². The lowest BCUT2D eigenvalue weighted by Crippen LogP contribution is -2.32. The van der Waals surface area contributed by atoms with Gasteiger partial charge in [0.25, 0.3) is 0 Å². The van der Waals surface area contributed by atoms with Crippen molar-refractivity contribution < 1.29 is 9.72 Å². The number of ketones is 1. The number of aromatic amines is 1. The predicted molar refractivity (Wildman–Crippen MR) is 76.4 cm³/mol. The lowest BCUT2D eigenvalue weighted by Gasteiger charge is -2.05. The summed E-state index contributed by atoms with van der Waals surface area (Å²) in [6.45, 7) is -0.418. The molecule has 8 nitrogen and oxygen atoms in total. The van der Waals surface area contributed by atoms with Crippen LogP contribution in [0.5, 0.6) is 0 Å². The number of nitro groups is 1. The second-order valence-electron chi connectivity index (χ2n) is 4.06. The Hall–Kier alpha value is -2.55. The maximum absolute atomic E-state index is 12.1. The van der Waals surface area contributed by atoms with Crippen LogP contribution in [-0.4, -0.2) is 20.3 Å². The molecular formula is C12H8BrN3O5. The average molecular weight is 354 g/mol. The zero-order valence-electron chi connectivity index (χ0n) is 10.4. The Morgan fingerprint density at radius 1 is 1.33 bits per heavy atom. The standard InChI is InChI=1S/C12H8BrN3O5/c13-8-4-2-1-3-7(8)10(17)6-15-5-9(16(20)21)11(18)14-12(15)19/h1-5H,6H2,(H,14,18,19). The number of aromatic nitrogens is 2. The molecule has 0 fully saturated rings. The fourth-order valence-corrected chi connectivity index (χ4v) is 2.18. The molecule has 0 amide bonds. The molecule has 0 radical (unpaired) electrons. The summed E-state index contributed by atoms with van der Waals surface area (Å²) in [5.41, 5.74) is -2.45. The van der Waals surface area contributed by atoms with Crippen LogP contribution in [0, 0.1) is 10.1 Å². The van der Waals surface area contributed by atoms with Gasteiger partial charge in [0.2, 0.25) is 0 Å². The number of nitrogens with one attached hydrogen (secondary N) is 1. The minimum Gasteiger partial charge on any atom is -0.292 e. The molecule has 1 aromatic carbocycles. The molecule has 9 heteroatoms. The Balaban J connectivity index is 2.41. The Kier molecular flexibility index (Phi) is 4.13. The minimum absolute atomic E-state index is 0.332. The first-order valence-electron chi connectivity index (χ1n) is 5.66. The summed E-state index contributed by atoms with van der Waals surface area (Å²) in [5.74, 6) is -0.425. The van der Waals surface area contributed by atoms with E-state index in [1.807, 2.05) is 0 Å². The largest absolute Gasteiger partial charge is 0.350 e. The van der Waals surface area contributed by atoms with Crippen LogP contribution in [0.4, 0.5) is 5.69 Å². The molecule has 21 heavy (non-hydrogen) atoms. The zero-order chi connectivity index (χ0) is 15.6. The molecule has 1 N–H and O–H groups in total. The summed E-state index contributed by atoms with van der Waals surface area (Å²) in [5, 5.41) is 10.7. The Morgan fingerprint density at radius 2 is 2.00 bits per heavy atom. The van der Waals surface area contributed by atoms with E-state index in [1.54, 1.807) is 29.2 Å². The number of Topliss-reactive ketones (excluding diaryl/α,β-unsaturated/α-hetero) is 1. The van der Waals surface area contributed by atoms with E-state index < -0.39 is 34.2 Å². The fraction of sp³-hybridized carbons (Fsp3) is 0.0833. The van der Waals surface area contributed by atoms with Gasteiger partial charge in [-0.3, -0.25) is 29.3 Å². The highest BCUT2D eigenvalue weighted by Crippen LogP contribution is 2.16. The normalized spacial score (nSPS) is 10.3. The second-order valence-corrected chi connectivity index (χ2v) is 4.92. The lowest BCUT2D eigenvalue weighted by atomic mass is 10.1. The van der Waals surface area contributed by atoms with Crippen molar-refractivity contribution in [2.45, 2.75) is 6.54 Å². The van der Waals surface area contributed by atoms with Crippen molar-refractivity contribution in [3.63, 3.8) is 0 Å². The quantitative estimate of drug-likeness (QED) is 0.501. The van der Waals surface area contributed by atoms with Crippen LogP contribution in [0.1, 0.15) is 10.4 Å². The maximum Gasteiger partial charge on any atom is 0.350 e. The summed E-state index contributed by atoms with van der Waals surface area (Å²) in [4.78, 5) is 46.5. The van der Waals surface area contributed by atoms with Gasteiger partial charge in [-0.1, -0.05) is 34.1 Å². The number of carbonyl (C=O) groups excluding carboxylic acids is 1. The topological polar surface area (TPSA) is 115 Å². The first kappa shape index (κ1) is 14.9. The maximum atomic E-state index is 12.1. The number of H-pyrrole nitrogens is 1. The number of rotatable bonds is 4. The molecule has 108 valence electrons. The van der Waals surface area contributed by atoms with Crippen LogP contribution in [0.25, 0.3) is 0 Å². The van der Waals surface area contributed by atoms with E-state index in [9.17, 15) is 24.5 Å².